The molecule has 0 aliphatic carbocycles. The molecule has 0 spiro atoms. The highest BCUT2D eigenvalue weighted by Crippen LogP contribution is 2.27. The van der Waals surface area contributed by atoms with E-state index in [1.807, 2.05) is 24.3 Å². The zero-order valence-electron chi connectivity index (χ0n) is 10.7. The van der Waals surface area contributed by atoms with Crippen molar-refractivity contribution in [3.63, 3.8) is 0 Å². The van der Waals surface area contributed by atoms with E-state index in [9.17, 15) is 8.78 Å². The van der Waals surface area contributed by atoms with Gasteiger partial charge < -0.3 is 5.32 Å². The van der Waals surface area contributed by atoms with E-state index >= 15 is 0 Å². The first-order valence-corrected chi connectivity index (χ1v) is 6.70. The number of nitrogens with one attached hydrogen (secondary N) is 1. The lowest BCUT2D eigenvalue weighted by molar-refractivity contribution is 0.547. The molecule has 2 aromatic carbocycles. The molecule has 0 fully saturated rings. The molecular weight excluding hydrogens is 312 g/mol. The number of rotatable bonds is 3. The second-order valence-corrected chi connectivity index (χ2v) is 5.31. The Kier molecular flexibility index (Phi) is 4.32. The van der Waals surface area contributed by atoms with Crippen LogP contribution in [0.3, 0.4) is 0 Å². The van der Waals surface area contributed by atoms with Crippen LogP contribution in [0.5, 0.6) is 0 Å². The molecule has 0 saturated carbocycles. The summed E-state index contributed by atoms with van der Waals surface area (Å²) >= 11 is 3.36. The summed E-state index contributed by atoms with van der Waals surface area (Å²) < 4.78 is 28.2. The van der Waals surface area contributed by atoms with Gasteiger partial charge in [0.05, 0.1) is 6.04 Å². The van der Waals surface area contributed by atoms with Crippen LogP contribution in [0.15, 0.2) is 40.9 Å². The van der Waals surface area contributed by atoms with E-state index in [4.69, 9.17) is 0 Å². The van der Waals surface area contributed by atoms with E-state index in [1.54, 1.807) is 20.0 Å². The zero-order chi connectivity index (χ0) is 14.0. The highest BCUT2D eigenvalue weighted by molar-refractivity contribution is 9.10. The van der Waals surface area contributed by atoms with Crippen LogP contribution in [0.25, 0.3) is 0 Å². The molecule has 0 amide bonds. The largest absolute Gasteiger partial charge is 0.309 e. The van der Waals surface area contributed by atoms with Crippen LogP contribution in [0.2, 0.25) is 0 Å². The van der Waals surface area contributed by atoms with Crippen molar-refractivity contribution in [2.75, 3.05) is 7.05 Å². The number of aryl methyl sites for hydroxylation is 1. The quantitative estimate of drug-likeness (QED) is 0.884. The Labute approximate surface area is 119 Å². The van der Waals surface area contributed by atoms with Gasteiger partial charge in [0.2, 0.25) is 0 Å². The van der Waals surface area contributed by atoms with Gasteiger partial charge in [-0.1, -0.05) is 28.1 Å². The molecule has 1 unspecified atom stereocenters. The molecule has 19 heavy (non-hydrogen) atoms. The van der Waals surface area contributed by atoms with E-state index < -0.39 is 11.6 Å². The molecule has 0 bridgehead atoms. The topological polar surface area (TPSA) is 12.0 Å². The predicted molar refractivity (Wildman–Crippen MR) is 76.1 cm³/mol. The average molecular weight is 326 g/mol. The highest BCUT2D eigenvalue weighted by atomic mass is 79.9. The summed E-state index contributed by atoms with van der Waals surface area (Å²) in [5.41, 5.74) is 1.81. The molecule has 2 aromatic rings. The fourth-order valence-electron chi connectivity index (χ4n) is 2.06. The van der Waals surface area contributed by atoms with Crippen LogP contribution in [0.1, 0.15) is 22.7 Å². The van der Waals surface area contributed by atoms with Crippen molar-refractivity contribution in [3.05, 3.63) is 69.2 Å². The Morgan fingerprint density at radius 1 is 1.05 bits per heavy atom. The first kappa shape index (κ1) is 14.2. The average Bonchev–Trinajstić information content (AvgIpc) is 2.38. The van der Waals surface area contributed by atoms with Crippen molar-refractivity contribution in [2.45, 2.75) is 13.0 Å². The van der Waals surface area contributed by atoms with Crippen molar-refractivity contribution < 1.29 is 8.78 Å². The molecule has 0 radical (unpaired) electrons. The van der Waals surface area contributed by atoms with Crippen LogP contribution in [-0.4, -0.2) is 7.05 Å². The van der Waals surface area contributed by atoms with Gasteiger partial charge in [0.1, 0.15) is 11.6 Å². The molecule has 1 N–H and O–H groups in total. The van der Waals surface area contributed by atoms with Crippen LogP contribution in [0.4, 0.5) is 8.78 Å². The maximum Gasteiger partial charge on any atom is 0.131 e. The Morgan fingerprint density at radius 2 is 1.68 bits per heavy atom. The molecule has 0 heterocycles. The number of hydrogen-bond acceptors (Lipinski definition) is 1. The monoisotopic (exact) mass is 325 g/mol. The van der Waals surface area contributed by atoms with Gasteiger partial charge in [0.15, 0.2) is 0 Å². The minimum absolute atomic E-state index is 0.299. The summed E-state index contributed by atoms with van der Waals surface area (Å²) in [6.07, 6.45) is 0. The number of benzene rings is 2. The third-order valence-corrected chi connectivity index (χ3v) is 3.61. The Bertz CT molecular complexity index is 581. The first-order chi connectivity index (χ1) is 9.02. The lowest BCUT2D eigenvalue weighted by Gasteiger charge is -2.19. The second kappa shape index (κ2) is 5.80. The molecule has 1 nitrogen and oxygen atoms in total. The summed E-state index contributed by atoms with van der Waals surface area (Å²) in [6, 6.07) is 9.79. The molecular formula is C15H14BrF2N. The zero-order valence-corrected chi connectivity index (χ0v) is 12.3. The van der Waals surface area contributed by atoms with E-state index in [1.165, 1.54) is 0 Å². The Balaban J connectivity index is 2.47. The summed E-state index contributed by atoms with van der Waals surface area (Å²) in [4.78, 5) is 0. The minimum atomic E-state index is -0.537. The van der Waals surface area contributed by atoms with E-state index in [0.717, 1.165) is 16.1 Å². The summed E-state index contributed by atoms with van der Waals surface area (Å²) in [6.45, 7) is 1.63. The van der Waals surface area contributed by atoms with Gasteiger partial charge in [0.25, 0.3) is 0 Å². The summed E-state index contributed by atoms with van der Waals surface area (Å²) in [5.74, 6) is -1.06. The van der Waals surface area contributed by atoms with Crippen LogP contribution < -0.4 is 5.32 Å². The molecule has 4 heteroatoms. The molecule has 0 aliphatic rings. The predicted octanol–water partition coefficient (Wildman–Crippen LogP) is 4.34. The standard InChI is InChI=1S/C15H14BrF2N/c1-9-7-12(14(18)8-13(9)17)15(19-2)10-3-5-11(16)6-4-10/h3-8,15,19H,1-2H3. The smallest absolute Gasteiger partial charge is 0.131 e. The summed E-state index contributed by atoms with van der Waals surface area (Å²) in [7, 11) is 1.75. The van der Waals surface area contributed by atoms with Gasteiger partial charge >= 0.3 is 0 Å². The Morgan fingerprint density at radius 3 is 2.26 bits per heavy atom. The van der Waals surface area contributed by atoms with Crippen molar-refractivity contribution in [1.29, 1.82) is 0 Å². The van der Waals surface area contributed by atoms with Crippen molar-refractivity contribution >= 4 is 15.9 Å². The van der Waals surface area contributed by atoms with Crippen molar-refractivity contribution in [2.24, 2.45) is 0 Å². The third-order valence-electron chi connectivity index (χ3n) is 3.08. The van der Waals surface area contributed by atoms with Gasteiger partial charge in [-0.2, -0.15) is 0 Å². The van der Waals surface area contributed by atoms with E-state index in [2.05, 4.69) is 21.2 Å². The summed E-state index contributed by atoms with van der Waals surface area (Å²) in [5, 5.41) is 3.06. The number of hydrogen-bond donors (Lipinski definition) is 1. The minimum Gasteiger partial charge on any atom is -0.309 e. The molecule has 0 saturated heterocycles. The lowest BCUT2D eigenvalue weighted by atomic mass is 9.97. The molecule has 100 valence electrons. The molecule has 0 aliphatic heterocycles. The Hall–Kier alpha value is -1.26. The molecule has 1 atom stereocenters. The van der Waals surface area contributed by atoms with Crippen molar-refractivity contribution in [3.8, 4) is 0 Å². The van der Waals surface area contributed by atoms with Gasteiger partial charge in [-0.3, -0.25) is 0 Å². The van der Waals surface area contributed by atoms with Gasteiger partial charge in [-0.15, -0.1) is 0 Å². The SMILES string of the molecule is CNC(c1ccc(Br)cc1)c1cc(C)c(F)cc1F. The van der Waals surface area contributed by atoms with E-state index in [-0.39, 0.29) is 6.04 Å². The normalized spacial score (nSPS) is 12.5. The van der Waals surface area contributed by atoms with Gasteiger partial charge in [-0.25, -0.2) is 8.78 Å². The van der Waals surface area contributed by atoms with Gasteiger partial charge in [-0.05, 0) is 43.3 Å². The second-order valence-electron chi connectivity index (χ2n) is 4.40. The fraction of sp³-hybridized carbons (Fsp3) is 0.200. The first-order valence-electron chi connectivity index (χ1n) is 5.91. The maximum absolute atomic E-state index is 13.9. The molecule has 2 rings (SSSR count). The third kappa shape index (κ3) is 3.01. The highest BCUT2D eigenvalue weighted by Gasteiger charge is 2.17. The lowest BCUT2D eigenvalue weighted by Crippen LogP contribution is -2.19. The number of halogens is 3. The van der Waals surface area contributed by atoms with Crippen LogP contribution >= 0.6 is 15.9 Å². The van der Waals surface area contributed by atoms with E-state index in [0.29, 0.717) is 11.1 Å². The van der Waals surface area contributed by atoms with Gasteiger partial charge in [0, 0.05) is 16.1 Å². The molecule has 0 aromatic heterocycles. The van der Waals surface area contributed by atoms with Crippen LogP contribution in [0, 0.1) is 18.6 Å². The van der Waals surface area contributed by atoms with Crippen LogP contribution in [-0.2, 0) is 0 Å². The fourth-order valence-corrected chi connectivity index (χ4v) is 2.32. The maximum atomic E-state index is 13.9. The van der Waals surface area contributed by atoms with Crippen molar-refractivity contribution in [1.82, 2.24) is 5.32 Å².